The first-order chi connectivity index (χ1) is 12.0. The van der Waals surface area contributed by atoms with Gasteiger partial charge in [-0.3, -0.25) is 9.59 Å². The molecule has 1 atom stereocenters. The van der Waals surface area contributed by atoms with Gasteiger partial charge in [-0.25, -0.2) is 4.68 Å². The topological polar surface area (TPSA) is 76.5 Å². The molecule has 132 valence electrons. The van der Waals surface area contributed by atoms with Gasteiger partial charge in [-0.15, -0.1) is 0 Å². The van der Waals surface area contributed by atoms with Crippen molar-refractivity contribution in [2.75, 3.05) is 23.9 Å². The van der Waals surface area contributed by atoms with E-state index in [1.165, 1.54) is 0 Å². The number of carbonyl (C=O) groups excluding carboxylic acids is 2. The summed E-state index contributed by atoms with van der Waals surface area (Å²) in [7, 11) is 1.58. The molecule has 0 bridgehead atoms. The number of anilines is 2. The lowest BCUT2D eigenvalue weighted by Crippen LogP contribution is -2.28. The standard InChI is InChI=1S/C18H22N4O3/c1-12(2)22-16(7-8-19-22)20-18(24)13-9-17(23)21(11-13)14-5-4-6-15(10-14)25-3/h4-8,10,12-13H,9,11H2,1-3H3,(H,20,24)/t13-/m1/s1. The van der Waals surface area contributed by atoms with Gasteiger partial charge in [0.1, 0.15) is 11.6 Å². The molecule has 1 aromatic carbocycles. The lowest BCUT2D eigenvalue weighted by atomic mass is 10.1. The maximum atomic E-state index is 12.6. The summed E-state index contributed by atoms with van der Waals surface area (Å²) < 4.78 is 6.95. The molecule has 1 aliphatic heterocycles. The van der Waals surface area contributed by atoms with E-state index in [2.05, 4.69) is 10.4 Å². The van der Waals surface area contributed by atoms with Crippen molar-refractivity contribution in [2.24, 2.45) is 5.92 Å². The summed E-state index contributed by atoms with van der Waals surface area (Å²) in [5.41, 5.74) is 0.742. The second-order valence-electron chi connectivity index (χ2n) is 6.35. The fraction of sp³-hybridized carbons (Fsp3) is 0.389. The van der Waals surface area contributed by atoms with E-state index in [0.29, 0.717) is 18.1 Å². The highest BCUT2D eigenvalue weighted by Gasteiger charge is 2.35. The first kappa shape index (κ1) is 17.0. The summed E-state index contributed by atoms with van der Waals surface area (Å²) >= 11 is 0. The van der Waals surface area contributed by atoms with Crippen LogP contribution >= 0.6 is 0 Å². The average Bonchev–Trinajstić information content (AvgIpc) is 3.21. The fourth-order valence-electron chi connectivity index (χ4n) is 2.96. The van der Waals surface area contributed by atoms with Gasteiger partial charge in [0, 0.05) is 36.8 Å². The van der Waals surface area contributed by atoms with Crippen molar-refractivity contribution in [2.45, 2.75) is 26.3 Å². The third-order valence-electron chi connectivity index (χ3n) is 4.27. The quantitative estimate of drug-likeness (QED) is 0.905. The Balaban J connectivity index is 1.71. The molecule has 7 nitrogen and oxygen atoms in total. The molecule has 0 aliphatic carbocycles. The predicted octanol–water partition coefficient (Wildman–Crippen LogP) is 2.46. The molecule has 0 saturated carbocycles. The van der Waals surface area contributed by atoms with Gasteiger partial charge in [-0.1, -0.05) is 6.07 Å². The Morgan fingerprint density at radius 3 is 2.88 bits per heavy atom. The van der Waals surface area contributed by atoms with Crippen molar-refractivity contribution in [1.29, 1.82) is 0 Å². The number of methoxy groups -OCH3 is 1. The number of nitrogens with zero attached hydrogens (tertiary/aromatic N) is 3. The van der Waals surface area contributed by atoms with Gasteiger partial charge in [0.25, 0.3) is 0 Å². The highest BCUT2D eigenvalue weighted by molar-refractivity contribution is 6.03. The Hall–Kier alpha value is -2.83. The lowest BCUT2D eigenvalue weighted by molar-refractivity contribution is -0.122. The van der Waals surface area contributed by atoms with E-state index in [1.54, 1.807) is 35.0 Å². The Labute approximate surface area is 146 Å². The minimum Gasteiger partial charge on any atom is -0.497 e. The van der Waals surface area contributed by atoms with Gasteiger partial charge in [0.2, 0.25) is 11.8 Å². The first-order valence-corrected chi connectivity index (χ1v) is 8.28. The van der Waals surface area contributed by atoms with Crippen LogP contribution in [0.1, 0.15) is 26.3 Å². The summed E-state index contributed by atoms with van der Waals surface area (Å²) in [6, 6.07) is 9.19. The van der Waals surface area contributed by atoms with Crippen LogP contribution in [0.2, 0.25) is 0 Å². The van der Waals surface area contributed by atoms with Crippen LogP contribution in [0.5, 0.6) is 5.75 Å². The van der Waals surface area contributed by atoms with Crippen molar-refractivity contribution >= 4 is 23.3 Å². The number of hydrogen-bond acceptors (Lipinski definition) is 4. The SMILES string of the molecule is COc1cccc(N2C[C@H](C(=O)Nc3ccnn3C(C)C)CC2=O)c1. The summed E-state index contributed by atoms with van der Waals surface area (Å²) in [5.74, 6) is 0.701. The van der Waals surface area contributed by atoms with Gasteiger partial charge in [-0.05, 0) is 26.0 Å². The van der Waals surface area contributed by atoms with Gasteiger partial charge in [-0.2, -0.15) is 5.10 Å². The molecule has 1 aliphatic rings. The molecule has 0 spiro atoms. The molecule has 1 N–H and O–H groups in total. The van der Waals surface area contributed by atoms with E-state index in [-0.39, 0.29) is 24.3 Å². The van der Waals surface area contributed by atoms with Crippen LogP contribution in [-0.4, -0.2) is 35.2 Å². The van der Waals surface area contributed by atoms with Crippen LogP contribution < -0.4 is 15.0 Å². The maximum Gasteiger partial charge on any atom is 0.230 e. The minimum absolute atomic E-state index is 0.0641. The summed E-state index contributed by atoms with van der Waals surface area (Å²) in [6.07, 6.45) is 1.84. The fourth-order valence-corrected chi connectivity index (χ4v) is 2.96. The van der Waals surface area contributed by atoms with E-state index in [1.807, 2.05) is 32.0 Å². The van der Waals surface area contributed by atoms with Gasteiger partial charge < -0.3 is 15.0 Å². The average molecular weight is 342 g/mol. The Morgan fingerprint density at radius 2 is 2.16 bits per heavy atom. The summed E-state index contributed by atoms with van der Waals surface area (Å²) in [4.78, 5) is 26.6. The number of amides is 2. The normalized spacial score (nSPS) is 17.2. The molecule has 2 amide bonds. The van der Waals surface area contributed by atoms with Crippen molar-refractivity contribution in [3.8, 4) is 5.75 Å². The number of aromatic nitrogens is 2. The van der Waals surface area contributed by atoms with E-state index in [9.17, 15) is 9.59 Å². The van der Waals surface area contributed by atoms with Crippen molar-refractivity contribution < 1.29 is 14.3 Å². The Kier molecular flexibility index (Phi) is 4.74. The first-order valence-electron chi connectivity index (χ1n) is 8.28. The van der Waals surface area contributed by atoms with Crippen LogP contribution in [0.4, 0.5) is 11.5 Å². The van der Waals surface area contributed by atoms with E-state index >= 15 is 0 Å². The number of rotatable bonds is 5. The molecule has 2 heterocycles. The van der Waals surface area contributed by atoms with Crippen molar-refractivity contribution in [3.63, 3.8) is 0 Å². The number of nitrogens with one attached hydrogen (secondary N) is 1. The molecule has 1 aromatic heterocycles. The molecular formula is C18H22N4O3. The zero-order valence-electron chi connectivity index (χ0n) is 14.6. The molecular weight excluding hydrogens is 320 g/mol. The maximum absolute atomic E-state index is 12.6. The monoisotopic (exact) mass is 342 g/mol. The molecule has 0 unspecified atom stereocenters. The van der Waals surface area contributed by atoms with Gasteiger partial charge >= 0.3 is 0 Å². The number of hydrogen-bond donors (Lipinski definition) is 1. The van der Waals surface area contributed by atoms with Crippen LogP contribution in [0.15, 0.2) is 36.5 Å². The molecule has 7 heteroatoms. The highest BCUT2D eigenvalue weighted by atomic mass is 16.5. The van der Waals surface area contributed by atoms with Crippen molar-refractivity contribution in [1.82, 2.24) is 9.78 Å². The zero-order chi connectivity index (χ0) is 18.0. The minimum atomic E-state index is -0.394. The van der Waals surface area contributed by atoms with Crippen LogP contribution in [0.3, 0.4) is 0 Å². The highest BCUT2D eigenvalue weighted by Crippen LogP contribution is 2.28. The largest absolute Gasteiger partial charge is 0.497 e. The van der Waals surface area contributed by atoms with Gasteiger partial charge in [0.05, 0.1) is 19.2 Å². The predicted molar refractivity (Wildman–Crippen MR) is 94.7 cm³/mol. The van der Waals surface area contributed by atoms with E-state index < -0.39 is 5.92 Å². The second-order valence-corrected chi connectivity index (χ2v) is 6.35. The molecule has 25 heavy (non-hydrogen) atoms. The van der Waals surface area contributed by atoms with Crippen LogP contribution in [0.25, 0.3) is 0 Å². The Bertz CT molecular complexity index is 784. The second kappa shape index (κ2) is 6.96. The molecule has 2 aromatic rings. The Morgan fingerprint density at radius 1 is 1.36 bits per heavy atom. The molecule has 1 fully saturated rings. The van der Waals surface area contributed by atoms with Crippen molar-refractivity contribution in [3.05, 3.63) is 36.5 Å². The van der Waals surface area contributed by atoms with Gasteiger partial charge in [0.15, 0.2) is 0 Å². The summed E-state index contributed by atoms with van der Waals surface area (Å²) in [6.45, 7) is 4.34. The van der Waals surface area contributed by atoms with E-state index in [0.717, 1.165) is 5.69 Å². The molecule has 0 radical (unpaired) electrons. The van der Waals surface area contributed by atoms with E-state index in [4.69, 9.17) is 4.74 Å². The molecule has 1 saturated heterocycles. The lowest BCUT2D eigenvalue weighted by Gasteiger charge is -2.18. The summed E-state index contributed by atoms with van der Waals surface area (Å²) in [5, 5.41) is 7.09. The number of benzene rings is 1. The van der Waals surface area contributed by atoms with Crippen LogP contribution in [0, 0.1) is 5.92 Å². The number of ether oxygens (including phenoxy) is 1. The third kappa shape index (κ3) is 3.50. The molecule has 3 rings (SSSR count). The number of carbonyl (C=O) groups is 2. The smallest absolute Gasteiger partial charge is 0.230 e. The third-order valence-corrected chi connectivity index (χ3v) is 4.27. The zero-order valence-corrected chi connectivity index (χ0v) is 14.6. The van der Waals surface area contributed by atoms with Crippen LogP contribution in [-0.2, 0) is 9.59 Å².